The van der Waals surface area contributed by atoms with E-state index in [-0.39, 0.29) is 5.46 Å². The van der Waals surface area contributed by atoms with Crippen molar-refractivity contribution >= 4 is 12.6 Å². The predicted molar refractivity (Wildman–Crippen MR) is 53.3 cm³/mol. The molecule has 0 unspecified atom stereocenters. The maximum Gasteiger partial charge on any atom is 0.494 e. The number of hydrogen-bond donors (Lipinski definition) is 2. The van der Waals surface area contributed by atoms with Gasteiger partial charge in [0, 0.05) is 0 Å². The molecule has 0 fully saturated rings. The summed E-state index contributed by atoms with van der Waals surface area (Å²) < 4.78 is 14.6. The number of rotatable bonds is 2. The number of para-hydroxylation sites is 1. The molecule has 4 nitrogen and oxygen atoms in total. The van der Waals surface area contributed by atoms with Crippen LogP contribution >= 0.6 is 0 Å². The second-order valence-electron chi connectivity index (χ2n) is 3.01. The van der Waals surface area contributed by atoms with Crippen LogP contribution in [-0.2, 0) is 0 Å². The van der Waals surface area contributed by atoms with Crippen molar-refractivity contribution in [2.45, 2.75) is 0 Å². The van der Waals surface area contributed by atoms with Crippen molar-refractivity contribution < 1.29 is 14.4 Å². The van der Waals surface area contributed by atoms with E-state index >= 15 is 0 Å². The van der Waals surface area contributed by atoms with E-state index in [1.165, 1.54) is 0 Å². The molecule has 0 aliphatic heterocycles. The molecule has 0 aliphatic carbocycles. The molecule has 0 atom stereocenters. The van der Waals surface area contributed by atoms with Crippen molar-refractivity contribution in [2.24, 2.45) is 0 Å². The minimum Gasteiger partial charge on any atom is -0.423 e. The Morgan fingerprint density at radius 1 is 1.20 bits per heavy atom. The molecular formula is C9H8BFN2O2. The zero-order valence-corrected chi connectivity index (χ0v) is 7.71. The average Bonchev–Trinajstić information content (AvgIpc) is 2.61. The minimum atomic E-state index is -1.84. The fourth-order valence-electron chi connectivity index (χ4n) is 1.27. The van der Waals surface area contributed by atoms with Crippen LogP contribution in [0, 0.1) is 5.95 Å². The van der Waals surface area contributed by atoms with Gasteiger partial charge in [0.2, 0.25) is 5.95 Å². The summed E-state index contributed by atoms with van der Waals surface area (Å²) in [5.41, 5.74) is 0.292. The van der Waals surface area contributed by atoms with E-state index in [0.29, 0.717) is 5.69 Å². The lowest BCUT2D eigenvalue weighted by Crippen LogP contribution is -2.31. The Hall–Kier alpha value is -1.66. The Balaban J connectivity index is 2.47. The van der Waals surface area contributed by atoms with Gasteiger partial charge in [-0.15, -0.1) is 0 Å². The molecule has 15 heavy (non-hydrogen) atoms. The van der Waals surface area contributed by atoms with Crippen molar-refractivity contribution in [3.63, 3.8) is 0 Å². The van der Waals surface area contributed by atoms with Gasteiger partial charge in [0.05, 0.1) is 17.3 Å². The zero-order valence-electron chi connectivity index (χ0n) is 7.71. The van der Waals surface area contributed by atoms with Gasteiger partial charge in [-0.1, -0.05) is 18.2 Å². The van der Waals surface area contributed by atoms with E-state index in [2.05, 4.69) is 5.10 Å². The van der Waals surface area contributed by atoms with Crippen LogP contribution in [0.15, 0.2) is 36.5 Å². The van der Waals surface area contributed by atoms with Gasteiger partial charge in [-0.05, 0) is 12.1 Å². The largest absolute Gasteiger partial charge is 0.494 e. The summed E-state index contributed by atoms with van der Waals surface area (Å²) in [5, 5.41) is 21.4. The molecule has 1 heterocycles. The first kappa shape index (κ1) is 9.88. The molecular weight excluding hydrogens is 198 g/mol. The topological polar surface area (TPSA) is 58.3 Å². The molecule has 6 heteroatoms. The second kappa shape index (κ2) is 3.84. The Labute approximate surface area is 85.7 Å². The van der Waals surface area contributed by atoms with Crippen molar-refractivity contribution in [1.82, 2.24) is 9.78 Å². The molecule has 0 saturated carbocycles. The van der Waals surface area contributed by atoms with E-state index < -0.39 is 13.1 Å². The maximum absolute atomic E-state index is 13.5. The van der Waals surface area contributed by atoms with Crippen molar-refractivity contribution in [3.05, 3.63) is 42.5 Å². The lowest BCUT2D eigenvalue weighted by atomic mass is 9.83. The predicted octanol–water partition coefficient (Wildman–Crippen LogP) is -0.309. The Morgan fingerprint density at radius 3 is 2.40 bits per heavy atom. The third kappa shape index (κ3) is 1.77. The van der Waals surface area contributed by atoms with E-state index in [9.17, 15) is 4.39 Å². The first-order valence-electron chi connectivity index (χ1n) is 4.35. The highest BCUT2D eigenvalue weighted by Gasteiger charge is 2.21. The molecule has 0 saturated heterocycles. The number of nitrogens with zero attached hydrogens (tertiary/aromatic N) is 2. The lowest BCUT2D eigenvalue weighted by Gasteiger charge is -2.01. The third-order valence-corrected chi connectivity index (χ3v) is 2.02. The quantitative estimate of drug-likeness (QED) is 0.662. The first-order valence-corrected chi connectivity index (χ1v) is 4.35. The van der Waals surface area contributed by atoms with Crippen molar-refractivity contribution in [1.29, 1.82) is 0 Å². The van der Waals surface area contributed by atoms with Gasteiger partial charge >= 0.3 is 7.12 Å². The summed E-state index contributed by atoms with van der Waals surface area (Å²) in [7, 11) is -1.84. The highest BCUT2D eigenvalue weighted by atomic mass is 19.1. The normalized spacial score (nSPS) is 10.3. The van der Waals surface area contributed by atoms with Gasteiger partial charge in [-0.25, -0.2) is 4.68 Å². The maximum atomic E-state index is 13.5. The number of aromatic nitrogens is 2. The fraction of sp³-hybridized carbons (Fsp3) is 0. The second-order valence-corrected chi connectivity index (χ2v) is 3.01. The lowest BCUT2D eigenvalue weighted by molar-refractivity contribution is 0.421. The van der Waals surface area contributed by atoms with E-state index in [1.54, 1.807) is 30.3 Å². The highest BCUT2D eigenvalue weighted by molar-refractivity contribution is 6.58. The van der Waals surface area contributed by atoms with Crippen molar-refractivity contribution in [3.8, 4) is 5.69 Å². The zero-order chi connectivity index (χ0) is 10.8. The molecule has 76 valence electrons. The standard InChI is InChI=1S/C9H8BFN2O2/c11-9-8(10(14)15)6-12-13(9)7-4-2-1-3-5-7/h1-6,14-15H. The summed E-state index contributed by atoms with van der Waals surface area (Å²) in [5.74, 6) is -0.767. The average molecular weight is 206 g/mol. The van der Waals surface area contributed by atoms with Crippen LogP contribution in [0.5, 0.6) is 0 Å². The number of benzene rings is 1. The highest BCUT2D eigenvalue weighted by Crippen LogP contribution is 2.07. The number of halogens is 1. The summed E-state index contributed by atoms with van der Waals surface area (Å²) in [6, 6.07) is 8.62. The summed E-state index contributed by atoms with van der Waals surface area (Å²) in [6.07, 6.45) is 1.09. The Morgan fingerprint density at radius 2 is 1.87 bits per heavy atom. The third-order valence-electron chi connectivity index (χ3n) is 2.02. The van der Waals surface area contributed by atoms with Crippen LogP contribution in [-0.4, -0.2) is 26.9 Å². The molecule has 0 amide bonds. The van der Waals surface area contributed by atoms with Gasteiger partial charge in [0.1, 0.15) is 0 Å². The van der Waals surface area contributed by atoms with Crippen LogP contribution < -0.4 is 5.46 Å². The Bertz CT molecular complexity index is 458. The van der Waals surface area contributed by atoms with Crippen molar-refractivity contribution in [2.75, 3.05) is 0 Å². The molecule has 1 aromatic carbocycles. The smallest absolute Gasteiger partial charge is 0.423 e. The number of hydrogen-bond acceptors (Lipinski definition) is 3. The molecule has 0 aliphatic rings. The summed E-state index contributed by atoms with van der Waals surface area (Å²) >= 11 is 0. The van der Waals surface area contributed by atoms with Gasteiger partial charge in [0.25, 0.3) is 0 Å². The molecule has 1 aromatic heterocycles. The summed E-state index contributed by atoms with van der Waals surface area (Å²) in [6.45, 7) is 0. The molecule has 0 bridgehead atoms. The molecule has 2 rings (SSSR count). The van der Waals surface area contributed by atoms with Gasteiger partial charge < -0.3 is 10.0 Å². The SMILES string of the molecule is OB(O)c1cnn(-c2ccccc2)c1F. The molecule has 0 spiro atoms. The van der Waals surface area contributed by atoms with Gasteiger partial charge in [0.15, 0.2) is 0 Å². The van der Waals surface area contributed by atoms with Gasteiger partial charge in [-0.2, -0.15) is 9.49 Å². The van der Waals surface area contributed by atoms with Crippen LogP contribution in [0.3, 0.4) is 0 Å². The van der Waals surface area contributed by atoms with Crippen LogP contribution in [0.25, 0.3) is 5.69 Å². The van der Waals surface area contributed by atoms with E-state index in [0.717, 1.165) is 10.9 Å². The fourth-order valence-corrected chi connectivity index (χ4v) is 1.27. The van der Waals surface area contributed by atoms with E-state index in [1.807, 2.05) is 0 Å². The van der Waals surface area contributed by atoms with E-state index in [4.69, 9.17) is 10.0 Å². The van der Waals surface area contributed by atoms with Gasteiger partial charge in [-0.3, -0.25) is 0 Å². The monoisotopic (exact) mass is 206 g/mol. The minimum absolute atomic E-state index is 0.237. The summed E-state index contributed by atoms with van der Waals surface area (Å²) in [4.78, 5) is 0. The molecule has 0 radical (unpaired) electrons. The van der Waals surface area contributed by atoms with Crippen LogP contribution in [0.2, 0.25) is 0 Å². The van der Waals surface area contributed by atoms with Crippen LogP contribution in [0.4, 0.5) is 4.39 Å². The van der Waals surface area contributed by atoms with Crippen LogP contribution in [0.1, 0.15) is 0 Å². The molecule has 2 N–H and O–H groups in total. The first-order chi connectivity index (χ1) is 7.20. The Kier molecular flexibility index (Phi) is 2.53. The molecule has 2 aromatic rings.